The van der Waals surface area contributed by atoms with Crippen molar-refractivity contribution >= 4 is 677 Å². The summed E-state index contributed by atoms with van der Waals surface area (Å²) in [7, 11) is -31.1. The Morgan fingerprint density at radius 1 is 0.211 bits per heavy atom. The quantitative estimate of drug-likeness (QED) is 0.00920. The van der Waals surface area contributed by atoms with E-state index in [0.29, 0.717) is 51.6 Å². The van der Waals surface area contributed by atoms with Crippen molar-refractivity contribution in [1.82, 2.24) is 0 Å². The molecule has 41 nitrogen and oxygen atoms in total. The van der Waals surface area contributed by atoms with Gasteiger partial charge in [0, 0.05) is 105 Å². The number of ether oxygens (including phenoxy) is 8. The molecule has 0 atom stereocenters. The van der Waals surface area contributed by atoms with Gasteiger partial charge < -0.3 is 79.2 Å². The molecule has 0 fully saturated rings. The van der Waals surface area contributed by atoms with Crippen LogP contribution in [0.5, 0.6) is 0 Å². The lowest BCUT2D eigenvalue weighted by Crippen LogP contribution is -2.18. The molecule has 0 aliphatic rings. The van der Waals surface area contributed by atoms with E-state index in [1.165, 1.54) is 0 Å². The zero-order valence-electron chi connectivity index (χ0n) is 71.6. The Hall–Kier alpha value is 6.12. The van der Waals surface area contributed by atoms with Crippen molar-refractivity contribution in [2.45, 2.75) is 0 Å². The summed E-state index contributed by atoms with van der Waals surface area (Å²) >= 11 is 49.9. The second kappa shape index (κ2) is 72.4. The molecule has 0 spiro atoms. The van der Waals surface area contributed by atoms with Crippen molar-refractivity contribution in [2.24, 2.45) is 0 Å². The van der Waals surface area contributed by atoms with E-state index in [9.17, 15) is 142 Å². The van der Waals surface area contributed by atoms with E-state index in [0.717, 1.165) is 84.2 Å². The molecule has 818 valence electrons. The van der Waals surface area contributed by atoms with Crippen molar-refractivity contribution in [2.75, 3.05) is 118 Å². The highest BCUT2D eigenvalue weighted by atomic mass is 127. The van der Waals surface area contributed by atoms with Gasteiger partial charge in [0.05, 0.1) is 171 Å². The number of hydrogen-bond donors (Lipinski definition) is 0. The average molecular weight is 4900 g/mol. The van der Waals surface area contributed by atoms with Gasteiger partial charge in [0.25, 0.3) is 0 Å². The van der Waals surface area contributed by atoms with Crippen LogP contribution in [0.15, 0.2) is 91.0 Å². The number of rotatable bonds is 33. The second-order valence-electron chi connectivity index (χ2n) is 26.1. The largest absolute Gasteiger partial charge is 0.748 e. The van der Waals surface area contributed by atoms with E-state index in [4.69, 9.17) is 37.9 Å². The number of carbonyl (C=O) groups excluding carboxylic acids is 8. The predicted octanol–water partition coefficient (Wildman–Crippen LogP) is 17.7. The van der Waals surface area contributed by atoms with E-state index in [-0.39, 0.29) is 0 Å². The maximum absolute atomic E-state index is 12.1. The highest BCUT2D eigenvalue weighted by molar-refractivity contribution is 14.1. The molecule has 0 saturated heterocycles. The standard InChI is InChI=1S/C11H14INO5S.C9H5I5O5S.2C9H6I4O5S.2C9H7I3O5S.2C9H8I2O5S/c1-13(2)10-4-3-8(7-9(10)12)11(14)18-5-6-19(15,16)17;10-4-3(5(11)7(13)8(14)6(4)12)9(15)19-1-2-20(16,17)18;10-4-3-5(11)8(13)6(7(4)12)9(14)18-1-2-19(15,16)17;10-5-3-4(6(11)8(13)7(5)12)9(14)18-1-2-19(15,16)17;10-5-3-6(11)8(7(12)4-5)9(13)17-1-2-18(14,15)16;10-5-3-6(8(12)7(11)4-5)9(13)17-1-2-18(14,15)16;10-6-1-2-8(11)7(5-6)9(12)16-3-4-17(13,14)15;10-6-1-2-7(8(11)5-6)9(12)16-3-4-17(13,14)15/h3-4,7H,5-6H2,1-2H3,(H,15,16,17);1-2H2,(H,16,17,18);2*3H,1-2H2,(H,15,16,17);2*3-4H,1-2H2,(H,14,15,16);2*1-2,5H,3-4H2,(H,13,14,15)/p-8. The Labute approximate surface area is 1170 Å². The van der Waals surface area contributed by atoms with E-state index in [1.54, 1.807) is 60.7 Å². The predicted molar refractivity (Wildman–Crippen MR) is 730 cm³/mol. The summed E-state index contributed by atoms with van der Waals surface area (Å²) in [4.78, 5) is 95.9. The van der Waals surface area contributed by atoms with Crippen LogP contribution in [-0.2, 0) is 119 Å². The Balaban J connectivity index is 0.000000840. The summed E-state index contributed by atoms with van der Waals surface area (Å²) in [5, 5.41) is 0. The van der Waals surface area contributed by atoms with Crippen molar-refractivity contribution < 1.29 is 180 Å². The lowest BCUT2D eigenvalue weighted by Gasteiger charge is -2.15. The Morgan fingerprint density at radius 3 is 0.816 bits per heavy atom. The van der Waals surface area contributed by atoms with E-state index >= 15 is 0 Å². The molecule has 0 saturated carbocycles. The van der Waals surface area contributed by atoms with Gasteiger partial charge >= 0.3 is 47.8 Å². The molecule has 0 aromatic heterocycles. The van der Waals surface area contributed by atoms with Gasteiger partial charge in [-0.3, -0.25) is 0 Å². The minimum Gasteiger partial charge on any atom is -0.748 e. The molecule has 8 aromatic carbocycles. The third-order valence-electron chi connectivity index (χ3n) is 15.0. The van der Waals surface area contributed by atoms with Crippen LogP contribution in [0.4, 0.5) is 5.69 Å². The molecule has 8 rings (SSSR count). The number of carbonyl (C=O) groups is 8. The van der Waals surface area contributed by atoms with Crippen LogP contribution in [0.1, 0.15) is 82.9 Å². The van der Waals surface area contributed by atoms with Crippen molar-refractivity contribution in [3.63, 3.8) is 0 Å². The van der Waals surface area contributed by atoms with Crippen molar-refractivity contribution in [3.05, 3.63) is 221 Å². The third-order valence-corrected chi connectivity index (χ3v) is 53.1. The first-order valence-corrected chi connectivity index (χ1v) is 75.2. The third kappa shape index (κ3) is 63.1. The number of nitrogens with zero attached hydrogens (tertiary/aromatic N) is 1. The van der Waals surface area contributed by atoms with Gasteiger partial charge in [0.1, 0.15) is 52.9 Å². The first-order chi connectivity index (χ1) is 67.0. The minimum absolute atomic E-state index is 0.318. The van der Waals surface area contributed by atoms with E-state index in [1.807, 2.05) is 253 Å². The molecule has 0 aliphatic heterocycles. The fraction of sp³-hybridized carbons (Fsp3) is 0.243. The minimum atomic E-state index is -4.38. The molecule has 0 amide bonds. The molecular weight excluding hydrogens is 4850 g/mol. The summed E-state index contributed by atoms with van der Waals surface area (Å²) < 4.78 is 308. The molecule has 8 aromatic rings. The van der Waals surface area contributed by atoms with Gasteiger partial charge in [-0.1, -0.05) is 0 Å². The molecule has 0 heterocycles. The Morgan fingerprint density at radius 2 is 0.469 bits per heavy atom. The molecule has 0 bridgehead atoms. The summed E-state index contributed by atoms with van der Waals surface area (Å²) in [5.74, 6) is -10.7. The average Bonchev–Trinajstić information content (AvgIpc) is 0.782. The van der Waals surface area contributed by atoms with Crippen LogP contribution in [0.3, 0.4) is 0 Å². The van der Waals surface area contributed by atoms with Crippen molar-refractivity contribution in [3.8, 4) is 0 Å². The highest BCUT2D eigenvalue weighted by Crippen LogP contribution is 2.36. The maximum Gasteiger partial charge on any atom is 0.340 e. The van der Waals surface area contributed by atoms with Crippen LogP contribution in [0.25, 0.3) is 0 Å². The Kier molecular flexibility index (Phi) is 74.4. The number of halogens is 24. The van der Waals surface area contributed by atoms with Crippen LogP contribution in [0, 0.1) is 85.7 Å². The summed E-state index contributed by atoms with van der Waals surface area (Å²) in [6.07, 6.45) is 0. The van der Waals surface area contributed by atoms with Crippen LogP contribution in [-0.4, -0.2) is 264 Å². The fourth-order valence-electron chi connectivity index (χ4n) is 8.51. The first-order valence-electron chi connectivity index (χ1n) is 36.7. The molecule has 0 N–H and O–H groups in total. The van der Waals surface area contributed by atoms with Gasteiger partial charge in [-0.15, -0.1) is 0 Å². The van der Waals surface area contributed by atoms with E-state index in [2.05, 4.69) is 339 Å². The molecular formula is C74H53I24NO40S8-8. The molecule has 0 aliphatic carbocycles. The van der Waals surface area contributed by atoms with Gasteiger partial charge in [0.15, 0.2) is 0 Å². The summed E-state index contributed by atoms with van der Waals surface area (Å²) in [6, 6.07) is 26.1. The fourth-order valence-corrected chi connectivity index (χ4v) is 33.1. The van der Waals surface area contributed by atoms with Crippen LogP contribution in [0.2, 0.25) is 0 Å². The smallest absolute Gasteiger partial charge is 0.340 e. The molecule has 73 heteroatoms. The van der Waals surface area contributed by atoms with Crippen molar-refractivity contribution in [1.29, 1.82) is 0 Å². The zero-order valence-corrected chi connectivity index (χ0v) is 130. The molecule has 0 unspecified atom stereocenters. The number of benzene rings is 8. The van der Waals surface area contributed by atoms with Gasteiger partial charge in [-0.2, -0.15) is 0 Å². The highest BCUT2D eigenvalue weighted by Gasteiger charge is 2.27. The van der Waals surface area contributed by atoms with Crippen LogP contribution >= 0.6 is 542 Å². The monoisotopic (exact) mass is 4900 g/mol. The summed E-state index contributed by atoms with van der Waals surface area (Å²) in [6.45, 7) is -3.43. The lowest BCUT2D eigenvalue weighted by atomic mass is 10.2. The topological polar surface area (TPSA) is 671 Å². The van der Waals surface area contributed by atoms with Crippen LogP contribution < -0.4 is 4.90 Å². The number of esters is 8. The number of anilines is 1. The molecule has 0 radical (unpaired) electrons. The van der Waals surface area contributed by atoms with Gasteiger partial charge in [-0.25, -0.2) is 106 Å². The Bertz CT molecular complexity index is 7090. The summed E-state index contributed by atoms with van der Waals surface area (Å²) in [5.41, 5.74) is 3.94. The van der Waals surface area contributed by atoms with Gasteiger partial charge in [0.2, 0.25) is 0 Å². The zero-order chi connectivity index (χ0) is 114. The maximum atomic E-state index is 12.1. The first kappa shape index (κ1) is 151. The second-order valence-corrected chi connectivity index (χ2v) is 65.6. The lowest BCUT2D eigenvalue weighted by molar-refractivity contribution is 0.0515. The number of hydrogen-bond acceptors (Lipinski definition) is 41. The molecule has 147 heavy (non-hydrogen) atoms. The SMILES string of the molecule is CN(C)c1ccc(C(=O)OCCS(=O)(=O)[O-])cc1I.O=C(OCCS(=O)(=O)[O-])c1c(I)c(I)c(I)c(I)c1I.O=C(OCCS(=O)(=O)[O-])c1c(I)c(I)cc(I)c1I.O=C(OCCS(=O)(=O)[O-])c1c(I)cc(I)cc1I.O=C(OCCS(=O)(=O)[O-])c1cc(I)c(I)c(I)c1I.O=C(OCCS(=O)(=O)[O-])c1cc(I)cc(I)c1I.O=C(OCCS(=O)(=O)[O-])c1cc(I)ccc1I.O=C(OCCS(=O)(=O)[O-])c1ccc(I)cc1I. The van der Waals surface area contributed by atoms with Gasteiger partial charge in [-0.05, 0) is 633 Å². The normalized spacial score (nSPS) is 11.3. The van der Waals surface area contributed by atoms with E-state index < -0.39 is 228 Å².